The van der Waals surface area contributed by atoms with Crippen molar-refractivity contribution in [2.24, 2.45) is 11.7 Å². The first-order valence-electron chi connectivity index (χ1n) is 7.03. The SMILES string of the molecule is C[C@@H]1CCCN(C(=O)c2ccc(C(F)(F)F)cc2)[C@H]1CN. The number of benzene rings is 1. The van der Waals surface area contributed by atoms with E-state index in [9.17, 15) is 18.0 Å². The number of piperidine rings is 1. The van der Waals surface area contributed by atoms with Crippen molar-refractivity contribution in [2.45, 2.75) is 32.0 Å². The summed E-state index contributed by atoms with van der Waals surface area (Å²) in [5.41, 5.74) is 5.26. The molecule has 0 unspecified atom stereocenters. The number of rotatable bonds is 2. The molecule has 2 atom stereocenters. The van der Waals surface area contributed by atoms with Gasteiger partial charge in [-0.15, -0.1) is 0 Å². The minimum atomic E-state index is -4.39. The van der Waals surface area contributed by atoms with Crippen LogP contribution < -0.4 is 5.73 Å². The fourth-order valence-electron chi connectivity index (χ4n) is 2.83. The Hall–Kier alpha value is -1.56. The van der Waals surface area contributed by atoms with Gasteiger partial charge in [-0.05, 0) is 43.0 Å². The predicted octanol–water partition coefficient (Wildman–Crippen LogP) is 2.90. The van der Waals surface area contributed by atoms with Crippen molar-refractivity contribution in [3.05, 3.63) is 35.4 Å². The molecule has 0 aromatic heterocycles. The van der Waals surface area contributed by atoms with Gasteiger partial charge in [-0.3, -0.25) is 4.79 Å². The Morgan fingerprint density at radius 2 is 1.95 bits per heavy atom. The van der Waals surface area contributed by atoms with Gasteiger partial charge in [0.1, 0.15) is 0 Å². The lowest BCUT2D eigenvalue weighted by Gasteiger charge is -2.39. The van der Waals surface area contributed by atoms with Crippen LogP contribution in [0.5, 0.6) is 0 Å². The highest BCUT2D eigenvalue weighted by Crippen LogP contribution is 2.30. The van der Waals surface area contributed by atoms with Crippen molar-refractivity contribution < 1.29 is 18.0 Å². The summed E-state index contributed by atoms with van der Waals surface area (Å²) in [6, 6.07) is 4.31. The number of hydrogen-bond acceptors (Lipinski definition) is 2. The van der Waals surface area contributed by atoms with Crippen LogP contribution in [0.2, 0.25) is 0 Å². The maximum absolute atomic E-state index is 12.5. The molecule has 2 N–H and O–H groups in total. The highest BCUT2D eigenvalue weighted by molar-refractivity contribution is 5.94. The van der Waals surface area contributed by atoms with Crippen molar-refractivity contribution in [2.75, 3.05) is 13.1 Å². The van der Waals surface area contributed by atoms with Crippen LogP contribution in [-0.2, 0) is 6.18 Å². The van der Waals surface area contributed by atoms with Crippen LogP contribution in [0.25, 0.3) is 0 Å². The monoisotopic (exact) mass is 300 g/mol. The quantitative estimate of drug-likeness (QED) is 0.913. The summed E-state index contributed by atoms with van der Waals surface area (Å²) in [5, 5.41) is 0. The molecule has 116 valence electrons. The van der Waals surface area contributed by atoms with Crippen LogP contribution in [-0.4, -0.2) is 29.9 Å². The third-order valence-electron chi connectivity index (χ3n) is 4.08. The van der Waals surface area contributed by atoms with Gasteiger partial charge in [0.2, 0.25) is 0 Å². The first-order valence-corrected chi connectivity index (χ1v) is 7.03. The number of likely N-dealkylation sites (tertiary alicyclic amines) is 1. The van der Waals surface area contributed by atoms with Crippen molar-refractivity contribution >= 4 is 5.91 Å². The Kier molecular flexibility index (Phi) is 4.56. The number of alkyl halides is 3. The van der Waals surface area contributed by atoms with Gasteiger partial charge in [-0.25, -0.2) is 0 Å². The van der Waals surface area contributed by atoms with Crippen LogP contribution in [0.4, 0.5) is 13.2 Å². The Bertz CT molecular complexity index is 499. The highest BCUT2D eigenvalue weighted by atomic mass is 19.4. The van der Waals surface area contributed by atoms with E-state index >= 15 is 0 Å². The zero-order chi connectivity index (χ0) is 15.6. The third kappa shape index (κ3) is 3.37. The van der Waals surface area contributed by atoms with E-state index in [4.69, 9.17) is 5.73 Å². The zero-order valence-electron chi connectivity index (χ0n) is 11.9. The number of hydrogen-bond donors (Lipinski definition) is 1. The largest absolute Gasteiger partial charge is 0.416 e. The van der Waals surface area contributed by atoms with E-state index < -0.39 is 11.7 Å². The molecule has 1 aliphatic rings. The van der Waals surface area contributed by atoms with Gasteiger partial charge < -0.3 is 10.6 Å². The summed E-state index contributed by atoms with van der Waals surface area (Å²) in [7, 11) is 0. The second-order valence-electron chi connectivity index (χ2n) is 5.50. The minimum absolute atomic E-state index is 0.0476. The molecule has 1 aromatic carbocycles. The molecule has 6 heteroatoms. The Labute approximate surface area is 121 Å². The van der Waals surface area contributed by atoms with Crippen LogP contribution in [0.15, 0.2) is 24.3 Å². The van der Waals surface area contributed by atoms with Crippen molar-refractivity contribution in [3.8, 4) is 0 Å². The molecule has 1 heterocycles. The number of carbonyl (C=O) groups excluding carboxylic acids is 1. The smallest absolute Gasteiger partial charge is 0.334 e. The van der Waals surface area contributed by atoms with Crippen LogP contribution in [0, 0.1) is 5.92 Å². The van der Waals surface area contributed by atoms with E-state index in [0.29, 0.717) is 19.0 Å². The second-order valence-corrected chi connectivity index (χ2v) is 5.50. The molecule has 0 spiro atoms. The van der Waals surface area contributed by atoms with Gasteiger partial charge in [0.15, 0.2) is 0 Å². The van der Waals surface area contributed by atoms with Crippen molar-refractivity contribution in [1.29, 1.82) is 0 Å². The number of amides is 1. The molecule has 1 amide bonds. The summed E-state index contributed by atoms with van der Waals surface area (Å²) >= 11 is 0. The van der Waals surface area contributed by atoms with Gasteiger partial charge in [-0.2, -0.15) is 13.2 Å². The molecule has 0 aliphatic carbocycles. The second kappa shape index (κ2) is 6.05. The maximum Gasteiger partial charge on any atom is 0.416 e. The molecule has 0 radical (unpaired) electrons. The first kappa shape index (κ1) is 15.8. The summed E-state index contributed by atoms with van der Waals surface area (Å²) in [5.74, 6) is 0.0628. The fraction of sp³-hybridized carbons (Fsp3) is 0.533. The fourth-order valence-corrected chi connectivity index (χ4v) is 2.83. The highest BCUT2D eigenvalue weighted by Gasteiger charge is 2.33. The number of nitrogens with two attached hydrogens (primary N) is 1. The lowest BCUT2D eigenvalue weighted by Crippen LogP contribution is -2.51. The standard InChI is InChI=1S/C15H19F3N2O/c1-10-3-2-8-20(13(10)9-19)14(21)11-4-6-12(7-5-11)15(16,17)18/h4-7,10,13H,2-3,8-9,19H2,1H3/t10-,13+/m1/s1. The summed E-state index contributed by atoms with van der Waals surface area (Å²) < 4.78 is 37.6. The average molecular weight is 300 g/mol. The Morgan fingerprint density at radius 3 is 2.48 bits per heavy atom. The van der Waals surface area contributed by atoms with Gasteiger partial charge in [0, 0.05) is 24.7 Å². The Balaban J connectivity index is 2.19. The third-order valence-corrected chi connectivity index (χ3v) is 4.08. The van der Waals surface area contributed by atoms with E-state index in [1.807, 2.05) is 6.92 Å². The minimum Gasteiger partial charge on any atom is -0.334 e. The molecule has 1 fully saturated rings. The van der Waals surface area contributed by atoms with Crippen molar-refractivity contribution in [1.82, 2.24) is 4.90 Å². The zero-order valence-corrected chi connectivity index (χ0v) is 11.9. The van der Waals surface area contributed by atoms with E-state index in [0.717, 1.165) is 25.0 Å². The molecule has 1 aliphatic heterocycles. The van der Waals surface area contributed by atoms with Gasteiger partial charge in [0.25, 0.3) is 5.91 Å². The summed E-state index contributed by atoms with van der Waals surface area (Å²) in [6.07, 6.45) is -2.48. The number of carbonyl (C=O) groups is 1. The molecular weight excluding hydrogens is 281 g/mol. The predicted molar refractivity (Wildman–Crippen MR) is 73.7 cm³/mol. The van der Waals surface area contributed by atoms with E-state index in [1.165, 1.54) is 12.1 Å². The molecule has 21 heavy (non-hydrogen) atoms. The first-order chi connectivity index (χ1) is 9.84. The van der Waals surface area contributed by atoms with E-state index in [-0.39, 0.29) is 17.5 Å². The van der Waals surface area contributed by atoms with Crippen LogP contribution in [0.1, 0.15) is 35.7 Å². The molecular formula is C15H19F3N2O. The van der Waals surface area contributed by atoms with E-state index in [1.54, 1.807) is 4.90 Å². The lowest BCUT2D eigenvalue weighted by molar-refractivity contribution is -0.137. The number of nitrogens with zero attached hydrogens (tertiary/aromatic N) is 1. The van der Waals surface area contributed by atoms with Crippen LogP contribution in [0.3, 0.4) is 0 Å². The van der Waals surface area contributed by atoms with Gasteiger partial charge in [0.05, 0.1) is 5.56 Å². The van der Waals surface area contributed by atoms with Crippen LogP contribution >= 0.6 is 0 Å². The average Bonchev–Trinajstić information content (AvgIpc) is 2.45. The molecule has 1 saturated heterocycles. The normalized spacial score (nSPS) is 23.2. The Morgan fingerprint density at radius 1 is 1.33 bits per heavy atom. The molecule has 0 bridgehead atoms. The molecule has 0 saturated carbocycles. The molecule has 3 nitrogen and oxygen atoms in total. The lowest BCUT2D eigenvalue weighted by atomic mass is 9.90. The maximum atomic E-state index is 12.5. The van der Waals surface area contributed by atoms with E-state index in [2.05, 4.69) is 0 Å². The molecule has 2 rings (SSSR count). The topological polar surface area (TPSA) is 46.3 Å². The summed E-state index contributed by atoms with van der Waals surface area (Å²) in [6.45, 7) is 3.02. The van der Waals surface area contributed by atoms with Gasteiger partial charge in [-0.1, -0.05) is 6.92 Å². The molecule has 1 aromatic rings. The summed E-state index contributed by atoms with van der Waals surface area (Å²) in [4.78, 5) is 14.2. The number of halogens is 3. The van der Waals surface area contributed by atoms with Gasteiger partial charge >= 0.3 is 6.18 Å². The van der Waals surface area contributed by atoms with Crippen molar-refractivity contribution in [3.63, 3.8) is 0 Å².